The number of aldehydes is 1. The maximum Gasteiger partial charge on any atom is 0.303 e. The molecular weight excluding hydrogens is 356 g/mol. The summed E-state index contributed by atoms with van der Waals surface area (Å²) in [4.78, 5) is 48.0. The predicted octanol–water partition coefficient (Wildman–Crippen LogP) is 3.59. The van der Waals surface area contributed by atoms with Crippen molar-refractivity contribution >= 4 is 23.8 Å². The van der Waals surface area contributed by atoms with Crippen LogP contribution in [0, 0.1) is 28.6 Å². The van der Waals surface area contributed by atoms with Gasteiger partial charge in [-0.05, 0) is 74.2 Å². The van der Waals surface area contributed by atoms with E-state index in [9.17, 15) is 19.2 Å². The number of rotatable bonds is 3. The minimum atomic E-state index is -1.31. The van der Waals surface area contributed by atoms with Crippen LogP contribution in [0.15, 0.2) is 11.6 Å². The van der Waals surface area contributed by atoms with E-state index < -0.39 is 22.8 Å². The Balaban J connectivity index is 1.71. The second-order valence-electron chi connectivity index (χ2n) is 9.87. The Morgan fingerprint density at radius 3 is 2.46 bits per heavy atom. The summed E-state index contributed by atoms with van der Waals surface area (Å²) in [6, 6.07) is 0. The van der Waals surface area contributed by atoms with Crippen molar-refractivity contribution in [2.45, 2.75) is 77.7 Å². The van der Waals surface area contributed by atoms with E-state index in [0.717, 1.165) is 38.5 Å². The van der Waals surface area contributed by atoms with E-state index in [1.807, 2.05) is 6.08 Å². The van der Waals surface area contributed by atoms with Gasteiger partial charge in [0.1, 0.15) is 0 Å². The summed E-state index contributed by atoms with van der Waals surface area (Å²) < 4.78 is 5.67. The lowest BCUT2D eigenvalue weighted by Crippen LogP contribution is -2.59. The van der Waals surface area contributed by atoms with E-state index >= 15 is 0 Å². The van der Waals surface area contributed by atoms with E-state index in [0.29, 0.717) is 31.0 Å². The van der Waals surface area contributed by atoms with Crippen LogP contribution in [0.5, 0.6) is 0 Å². The van der Waals surface area contributed by atoms with Crippen LogP contribution >= 0.6 is 0 Å². The van der Waals surface area contributed by atoms with Gasteiger partial charge < -0.3 is 4.74 Å². The molecule has 0 radical (unpaired) electrons. The van der Waals surface area contributed by atoms with Crippen molar-refractivity contribution in [1.29, 1.82) is 0 Å². The molecule has 0 aromatic carbocycles. The molecule has 0 aromatic heterocycles. The quantitative estimate of drug-likeness (QED) is 0.421. The average Bonchev–Trinajstić information content (AvgIpc) is 2.94. The summed E-state index contributed by atoms with van der Waals surface area (Å²) in [7, 11) is 0. The van der Waals surface area contributed by atoms with Gasteiger partial charge in [0.05, 0.1) is 0 Å². The molecule has 4 rings (SSSR count). The van der Waals surface area contributed by atoms with Crippen LogP contribution in [-0.4, -0.2) is 29.4 Å². The van der Waals surface area contributed by atoms with Gasteiger partial charge in [0.25, 0.3) is 0 Å². The first-order valence-electron chi connectivity index (χ1n) is 10.6. The second-order valence-corrected chi connectivity index (χ2v) is 9.87. The van der Waals surface area contributed by atoms with Gasteiger partial charge >= 0.3 is 5.97 Å². The van der Waals surface area contributed by atoms with Gasteiger partial charge in [-0.2, -0.15) is 0 Å². The third-order valence-corrected chi connectivity index (χ3v) is 8.90. The number of esters is 1. The smallest absolute Gasteiger partial charge is 0.303 e. The van der Waals surface area contributed by atoms with Crippen LogP contribution in [0.2, 0.25) is 0 Å². The summed E-state index contributed by atoms with van der Waals surface area (Å²) in [5, 5.41) is 0. The summed E-state index contributed by atoms with van der Waals surface area (Å²) >= 11 is 0. The highest BCUT2D eigenvalue weighted by molar-refractivity contribution is 6.29. The predicted molar refractivity (Wildman–Crippen MR) is 102 cm³/mol. The van der Waals surface area contributed by atoms with Crippen LogP contribution in [-0.2, 0) is 23.9 Å². The summed E-state index contributed by atoms with van der Waals surface area (Å²) in [6.45, 7) is 5.69. The molecule has 0 unspecified atom stereocenters. The van der Waals surface area contributed by atoms with Gasteiger partial charge in [-0.25, -0.2) is 0 Å². The molecule has 0 bridgehead atoms. The van der Waals surface area contributed by atoms with Gasteiger partial charge in [-0.15, -0.1) is 0 Å². The average molecular weight is 386 g/mol. The molecule has 6 atom stereocenters. The molecule has 4 aliphatic rings. The van der Waals surface area contributed by atoms with E-state index in [2.05, 4.69) is 13.8 Å². The molecule has 5 nitrogen and oxygen atoms in total. The number of fused-ring (bicyclic) bond motifs is 5. The fourth-order valence-corrected chi connectivity index (χ4v) is 7.52. The Labute approximate surface area is 166 Å². The van der Waals surface area contributed by atoms with E-state index in [4.69, 9.17) is 4.74 Å². The van der Waals surface area contributed by atoms with Crippen molar-refractivity contribution in [1.82, 2.24) is 0 Å². The first-order chi connectivity index (χ1) is 13.2. The van der Waals surface area contributed by atoms with Crippen LogP contribution in [0.4, 0.5) is 0 Å². The monoisotopic (exact) mass is 386 g/mol. The number of hydrogen-bond acceptors (Lipinski definition) is 5. The number of carbonyl (C=O) groups is 4. The number of allylic oxidation sites excluding steroid dienone is 1. The van der Waals surface area contributed by atoms with E-state index in [1.165, 1.54) is 12.5 Å². The molecule has 28 heavy (non-hydrogen) atoms. The summed E-state index contributed by atoms with van der Waals surface area (Å²) in [5.41, 5.74) is -0.448. The summed E-state index contributed by atoms with van der Waals surface area (Å²) in [5.74, 6) is 0.343. The summed E-state index contributed by atoms with van der Waals surface area (Å²) in [6.07, 6.45) is 8.64. The lowest BCUT2D eigenvalue weighted by Gasteiger charge is -2.59. The fourth-order valence-electron chi connectivity index (χ4n) is 7.52. The molecule has 0 aromatic rings. The van der Waals surface area contributed by atoms with Crippen LogP contribution < -0.4 is 0 Å². The van der Waals surface area contributed by atoms with Gasteiger partial charge in [-0.3, -0.25) is 19.2 Å². The van der Waals surface area contributed by atoms with Crippen LogP contribution in [0.25, 0.3) is 0 Å². The first kappa shape index (κ1) is 19.5. The number of hydrogen-bond donors (Lipinski definition) is 0. The maximum absolute atomic E-state index is 12.7. The molecule has 0 saturated heterocycles. The third kappa shape index (κ3) is 2.44. The standard InChI is InChI=1S/C23H30O5/c1-14(25)28-23(20(27)13-24)11-8-19-17-5-4-15-12-16(26)6-9-21(15,2)18(17)7-10-22(19,23)3/h12-13,17-19H,4-11H2,1-3H3/t17-,18+,19+,21+,22+,23+/m1/s1. The zero-order chi connectivity index (χ0) is 20.3. The zero-order valence-electron chi connectivity index (χ0n) is 17.1. The van der Waals surface area contributed by atoms with Gasteiger partial charge in [0.2, 0.25) is 5.78 Å². The van der Waals surface area contributed by atoms with Crippen molar-refractivity contribution in [3.63, 3.8) is 0 Å². The van der Waals surface area contributed by atoms with Crippen molar-refractivity contribution in [2.75, 3.05) is 0 Å². The Morgan fingerprint density at radius 2 is 1.79 bits per heavy atom. The Hall–Kier alpha value is -1.78. The molecule has 0 heterocycles. The third-order valence-electron chi connectivity index (χ3n) is 8.90. The molecule has 4 aliphatic carbocycles. The largest absolute Gasteiger partial charge is 0.450 e. The molecule has 3 fully saturated rings. The van der Waals surface area contributed by atoms with E-state index in [1.54, 1.807) is 0 Å². The number of ether oxygens (including phenoxy) is 1. The molecular formula is C23H30O5. The Kier molecular flexibility index (Phi) is 4.44. The van der Waals surface area contributed by atoms with Crippen molar-refractivity contribution in [3.8, 4) is 0 Å². The molecule has 0 aliphatic heterocycles. The molecule has 152 valence electrons. The van der Waals surface area contributed by atoms with Crippen molar-refractivity contribution < 1.29 is 23.9 Å². The molecule has 3 saturated carbocycles. The van der Waals surface area contributed by atoms with Gasteiger partial charge in [0.15, 0.2) is 17.7 Å². The van der Waals surface area contributed by atoms with Crippen LogP contribution in [0.3, 0.4) is 0 Å². The minimum Gasteiger partial charge on any atom is -0.450 e. The van der Waals surface area contributed by atoms with Crippen molar-refractivity contribution in [3.05, 3.63) is 11.6 Å². The number of carbonyl (C=O) groups excluding carboxylic acids is 4. The molecule has 0 amide bonds. The van der Waals surface area contributed by atoms with Crippen LogP contribution in [0.1, 0.15) is 72.1 Å². The lowest BCUT2D eigenvalue weighted by atomic mass is 9.46. The molecule has 0 N–H and O–H groups in total. The lowest BCUT2D eigenvalue weighted by molar-refractivity contribution is -0.187. The van der Waals surface area contributed by atoms with Crippen molar-refractivity contribution in [2.24, 2.45) is 28.6 Å². The normalized spacial score (nSPS) is 44.6. The topological polar surface area (TPSA) is 77.5 Å². The van der Waals surface area contributed by atoms with Gasteiger partial charge in [-0.1, -0.05) is 19.4 Å². The number of ketones is 2. The van der Waals surface area contributed by atoms with E-state index in [-0.39, 0.29) is 17.1 Å². The highest BCUT2D eigenvalue weighted by Crippen LogP contribution is 2.68. The maximum atomic E-state index is 12.7. The minimum absolute atomic E-state index is 0.0551. The van der Waals surface area contributed by atoms with Gasteiger partial charge in [0, 0.05) is 18.8 Å². The Morgan fingerprint density at radius 1 is 1.07 bits per heavy atom. The Bertz CT molecular complexity index is 782. The molecule has 5 heteroatoms. The SMILES string of the molecule is CC(=O)O[C@]1(C(=O)C=O)CC[C@H]2[C@@H]3CCC4=CC(=O)CC[C@]4(C)[C@H]3CC[C@@]21C. The fraction of sp³-hybridized carbons (Fsp3) is 0.739. The first-order valence-corrected chi connectivity index (χ1v) is 10.6. The molecule has 0 spiro atoms. The second kappa shape index (κ2) is 6.36. The highest BCUT2D eigenvalue weighted by atomic mass is 16.6. The number of Topliss-reactive ketones (excluding diaryl/α,β-unsaturated/α-hetero) is 1. The highest BCUT2D eigenvalue weighted by Gasteiger charge is 2.68. The zero-order valence-corrected chi connectivity index (χ0v) is 17.1.